The molecule has 1 aliphatic heterocycles. The van der Waals surface area contributed by atoms with Gasteiger partial charge in [0, 0.05) is 0 Å². The summed E-state index contributed by atoms with van der Waals surface area (Å²) in [5, 5.41) is 4.87. The molecule has 0 saturated carbocycles. The molecule has 2 N–H and O–H groups in total. The molecule has 0 radical (unpaired) electrons. The Kier molecular flexibility index (Phi) is 3.48. The highest BCUT2D eigenvalue weighted by Gasteiger charge is 2.25. The van der Waals surface area contributed by atoms with Crippen LogP contribution in [0.2, 0.25) is 0 Å². The lowest BCUT2D eigenvalue weighted by Gasteiger charge is -2.16. The smallest absolute Gasteiger partial charge is 0.263 e. The van der Waals surface area contributed by atoms with Crippen molar-refractivity contribution in [3.63, 3.8) is 0 Å². The van der Waals surface area contributed by atoms with Crippen molar-refractivity contribution in [1.29, 1.82) is 0 Å². The average molecular weight is 274 g/mol. The maximum Gasteiger partial charge on any atom is 0.263 e. The van der Waals surface area contributed by atoms with Crippen LogP contribution in [0.3, 0.4) is 0 Å². The number of amides is 2. The third-order valence-corrected chi connectivity index (χ3v) is 3.41. The maximum absolute atomic E-state index is 11.7. The molecule has 2 amide bonds. The van der Waals surface area contributed by atoms with Crippen molar-refractivity contribution in [2.45, 2.75) is 20.8 Å². The maximum atomic E-state index is 11.7. The van der Waals surface area contributed by atoms with Crippen LogP contribution in [0.4, 0.5) is 0 Å². The molecule has 1 fully saturated rings. The SMILES string of the molecule is Cc1cc(C=C2C(=O)NC(=S)NC2=O)cc(C)c1C. The summed E-state index contributed by atoms with van der Waals surface area (Å²) < 4.78 is 0. The molecule has 5 heteroatoms. The van der Waals surface area contributed by atoms with E-state index in [1.54, 1.807) is 6.08 Å². The molecule has 0 aromatic heterocycles. The van der Waals surface area contributed by atoms with Crippen LogP contribution in [0.15, 0.2) is 17.7 Å². The largest absolute Gasteiger partial charge is 0.299 e. The van der Waals surface area contributed by atoms with Crippen molar-refractivity contribution in [3.05, 3.63) is 40.0 Å². The van der Waals surface area contributed by atoms with E-state index in [1.807, 2.05) is 32.9 Å². The summed E-state index contributed by atoms with van der Waals surface area (Å²) in [6.07, 6.45) is 1.58. The molecule has 1 heterocycles. The van der Waals surface area contributed by atoms with Crippen LogP contribution in [0.1, 0.15) is 22.3 Å². The number of carbonyl (C=O) groups excluding carboxylic acids is 2. The molecule has 4 nitrogen and oxygen atoms in total. The van der Waals surface area contributed by atoms with Gasteiger partial charge in [-0.3, -0.25) is 20.2 Å². The minimum atomic E-state index is -0.468. The molecule has 19 heavy (non-hydrogen) atoms. The zero-order valence-electron chi connectivity index (χ0n) is 11.0. The van der Waals surface area contributed by atoms with Gasteiger partial charge in [-0.15, -0.1) is 0 Å². The molecular formula is C14H14N2O2S. The molecule has 1 aromatic carbocycles. The van der Waals surface area contributed by atoms with E-state index in [-0.39, 0.29) is 10.7 Å². The quantitative estimate of drug-likeness (QED) is 0.464. The number of hydrogen-bond acceptors (Lipinski definition) is 3. The van der Waals surface area contributed by atoms with Crippen LogP contribution in [0, 0.1) is 20.8 Å². The number of thiocarbonyl (C=S) groups is 1. The van der Waals surface area contributed by atoms with Crippen molar-refractivity contribution in [1.82, 2.24) is 10.6 Å². The normalized spacial score (nSPS) is 15.1. The molecule has 0 aliphatic carbocycles. The van der Waals surface area contributed by atoms with Crippen molar-refractivity contribution < 1.29 is 9.59 Å². The van der Waals surface area contributed by atoms with Gasteiger partial charge in [-0.2, -0.15) is 0 Å². The Morgan fingerprint density at radius 1 is 1.00 bits per heavy atom. The average Bonchev–Trinajstić information content (AvgIpc) is 2.30. The van der Waals surface area contributed by atoms with E-state index in [1.165, 1.54) is 5.56 Å². The molecule has 1 saturated heterocycles. The lowest BCUT2D eigenvalue weighted by Crippen LogP contribution is -2.51. The zero-order valence-corrected chi connectivity index (χ0v) is 11.8. The van der Waals surface area contributed by atoms with Crippen LogP contribution in [-0.4, -0.2) is 16.9 Å². The van der Waals surface area contributed by atoms with Gasteiger partial charge in [-0.05, 0) is 61.3 Å². The number of benzene rings is 1. The summed E-state index contributed by atoms with van der Waals surface area (Å²) in [4.78, 5) is 23.5. The van der Waals surface area contributed by atoms with E-state index in [0.29, 0.717) is 0 Å². The molecule has 1 aromatic rings. The summed E-state index contributed by atoms with van der Waals surface area (Å²) >= 11 is 4.74. The fourth-order valence-corrected chi connectivity index (χ4v) is 2.11. The lowest BCUT2D eigenvalue weighted by molar-refractivity contribution is -0.123. The van der Waals surface area contributed by atoms with Crippen LogP contribution >= 0.6 is 12.2 Å². The van der Waals surface area contributed by atoms with Gasteiger partial charge in [-0.25, -0.2) is 0 Å². The Morgan fingerprint density at radius 2 is 1.47 bits per heavy atom. The van der Waals surface area contributed by atoms with Crippen molar-refractivity contribution in [2.24, 2.45) is 0 Å². The second-order valence-electron chi connectivity index (χ2n) is 4.58. The van der Waals surface area contributed by atoms with Crippen molar-refractivity contribution >= 4 is 35.2 Å². The number of nitrogens with one attached hydrogen (secondary N) is 2. The summed E-state index contributed by atoms with van der Waals surface area (Å²) in [7, 11) is 0. The third-order valence-electron chi connectivity index (χ3n) is 3.20. The Balaban J connectivity index is 2.43. The van der Waals surface area contributed by atoms with Crippen LogP contribution < -0.4 is 10.6 Å². The van der Waals surface area contributed by atoms with E-state index >= 15 is 0 Å². The molecule has 0 bridgehead atoms. The van der Waals surface area contributed by atoms with Crippen molar-refractivity contribution in [2.75, 3.05) is 0 Å². The fourth-order valence-electron chi connectivity index (χ4n) is 1.93. The predicted octanol–water partition coefficient (Wildman–Crippen LogP) is 1.53. The highest BCUT2D eigenvalue weighted by Crippen LogP contribution is 2.18. The lowest BCUT2D eigenvalue weighted by atomic mass is 9.99. The number of carbonyl (C=O) groups is 2. The Morgan fingerprint density at radius 3 is 1.95 bits per heavy atom. The molecule has 2 rings (SSSR count). The molecule has 0 unspecified atom stereocenters. The molecule has 98 valence electrons. The van der Waals surface area contributed by atoms with E-state index in [2.05, 4.69) is 10.6 Å². The molecule has 0 atom stereocenters. The second-order valence-corrected chi connectivity index (χ2v) is 4.98. The molecular weight excluding hydrogens is 260 g/mol. The topological polar surface area (TPSA) is 58.2 Å². The standard InChI is InChI=1S/C14H14N2O2S/c1-7-4-10(5-8(2)9(7)3)6-11-12(17)15-14(19)16-13(11)18/h4-6H,1-3H3,(H2,15,16,17,18,19). The first-order valence-corrected chi connectivity index (χ1v) is 6.25. The fraction of sp³-hybridized carbons (Fsp3) is 0.214. The first-order chi connectivity index (χ1) is 8.88. The van der Waals surface area contributed by atoms with Gasteiger partial charge in [0.05, 0.1) is 0 Å². The minimum Gasteiger partial charge on any atom is -0.299 e. The highest BCUT2D eigenvalue weighted by molar-refractivity contribution is 7.80. The first kappa shape index (κ1) is 13.4. The van der Waals surface area contributed by atoms with Gasteiger partial charge >= 0.3 is 0 Å². The monoisotopic (exact) mass is 274 g/mol. The van der Waals surface area contributed by atoms with Crippen LogP contribution in [0.5, 0.6) is 0 Å². The summed E-state index contributed by atoms with van der Waals surface area (Å²) in [5.74, 6) is -0.936. The Hall–Kier alpha value is -2.01. The van der Waals surface area contributed by atoms with Gasteiger partial charge in [-0.1, -0.05) is 12.1 Å². The van der Waals surface area contributed by atoms with Gasteiger partial charge in [0.2, 0.25) is 0 Å². The van der Waals surface area contributed by atoms with Gasteiger partial charge in [0.15, 0.2) is 5.11 Å². The number of aryl methyl sites for hydroxylation is 2. The summed E-state index contributed by atoms with van der Waals surface area (Å²) in [6, 6.07) is 3.89. The highest BCUT2D eigenvalue weighted by atomic mass is 32.1. The third kappa shape index (κ3) is 2.71. The van der Waals surface area contributed by atoms with Crippen LogP contribution in [0.25, 0.3) is 6.08 Å². The minimum absolute atomic E-state index is 0.0448. The molecule has 0 spiro atoms. The predicted molar refractivity (Wildman–Crippen MR) is 77.5 cm³/mol. The number of hydrogen-bond donors (Lipinski definition) is 2. The van der Waals surface area contributed by atoms with E-state index < -0.39 is 11.8 Å². The molecule has 1 aliphatic rings. The van der Waals surface area contributed by atoms with Gasteiger partial charge < -0.3 is 0 Å². The van der Waals surface area contributed by atoms with Gasteiger partial charge in [0.25, 0.3) is 11.8 Å². The van der Waals surface area contributed by atoms with E-state index in [9.17, 15) is 9.59 Å². The number of rotatable bonds is 1. The summed E-state index contributed by atoms with van der Waals surface area (Å²) in [6.45, 7) is 6.04. The zero-order chi connectivity index (χ0) is 14.2. The Labute approximate surface area is 116 Å². The van der Waals surface area contributed by atoms with Gasteiger partial charge in [0.1, 0.15) is 5.57 Å². The van der Waals surface area contributed by atoms with E-state index in [0.717, 1.165) is 16.7 Å². The second kappa shape index (κ2) is 4.93. The van der Waals surface area contributed by atoms with Crippen molar-refractivity contribution in [3.8, 4) is 0 Å². The first-order valence-electron chi connectivity index (χ1n) is 5.84. The Bertz CT molecular complexity index is 587. The van der Waals surface area contributed by atoms with E-state index in [4.69, 9.17) is 12.2 Å². The van der Waals surface area contributed by atoms with Crippen LogP contribution in [-0.2, 0) is 9.59 Å². The summed E-state index contributed by atoms with van der Waals surface area (Å²) in [5.41, 5.74) is 4.35.